The van der Waals surface area contributed by atoms with E-state index in [0.717, 1.165) is 25.9 Å². The number of pyridine rings is 2. The van der Waals surface area contributed by atoms with E-state index < -0.39 is 18.2 Å². The lowest BCUT2D eigenvalue weighted by Gasteiger charge is -2.34. The first kappa shape index (κ1) is 22.7. The summed E-state index contributed by atoms with van der Waals surface area (Å²) >= 11 is 0. The van der Waals surface area contributed by atoms with Gasteiger partial charge in [-0.2, -0.15) is 0 Å². The summed E-state index contributed by atoms with van der Waals surface area (Å²) in [6.45, 7) is 2.85. The van der Waals surface area contributed by atoms with Gasteiger partial charge in [0.15, 0.2) is 5.82 Å². The van der Waals surface area contributed by atoms with Crippen molar-refractivity contribution in [1.29, 1.82) is 0 Å². The highest BCUT2D eigenvalue weighted by atomic mass is 19.1. The van der Waals surface area contributed by atoms with Crippen molar-refractivity contribution in [3.8, 4) is 29.4 Å². The van der Waals surface area contributed by atoms with Crippen molar-refractivity contribution in [2.24, 2.45) is 0 Å². The number of hydrogen-bond donors (Lipinski definition) is 3. The van der Waals surface area contributed by atoms with E-state index in [9.17, 15) is 14.6 Å². The molecule has 4 heterocycles. The van der Waals surface area contributed by atoms with Gasteiger partial charge in [-0.1, -0.05) is 12.0 Å². The van der Waals surface area contributed by atoms with Crippen LogP contribution < -0.4 is 10.2 Å². The van der Waals surface area contributed by atoms with Crippen LogP contribution in [0.25, 0.3) is 32.8 Å². The van der Waals surface area contributed by atoms with Crippen molar-refractivity contribution in [3.05, 3.63) is 58.9 Å². The van der Waals surface area contributed by atoms with Crippen LogP contribution in [0.5, 0.6) is 5.75 Å². The molecule has 2 aromatic carbocycles. The summed E-state index contributed by atoms with van der Waals surface area (Å²) in [6, 6.07) is 6.19. The molecule has 0 amide bonds. The number of nitrogens with one attached hydrogen (secondary N) is 1. The molecule has 8 heteroatoms. The monoisotopic (exact) mass is 486 g/mol. The Morgan fingerprint density at radius 1 is 1.17 bits per heavy atom. The highest BCUT2D eigenvalue weighted by molar-refractivity contribution is 6.04. The van der Waals surface area contributed by atoms with Gasteiger partial charge in [-0.15, -0.1) is 6.42 Å². The quantitative estimate of drug-likeness (QED) is 0.378. The van der Waals surface area contributed by atoms with Crippen molar-refractivity contribution in [3.63, 3.8) is 0 Å². The first-order valence-electron chi connectivity index (χ1n) is 11.9. The first-order valence-corrected chi connectivity index (χ1v) is 11.9. The molecule has 182 valence electrons. The molecular weight excluding hydrogens is 462 g/mol. The Labute approximate surface area is 206 Å². The maximum absolute atomic E-state index is 16.4. The van der Waals surface area contributed by atoms with Crippen molar-refractivity contribution in [2.75, 3.05) is 18.0 Å². The summed E-state index contributed by atoms with van der Waals surface area (Å²) in [5.74, 6) is 1.56. The number of phenols is 1. The fourth-order valence-corrected chi connectivity index (χ4v) is 5.76. The maximum Gasteiger partial charge on any atom is 0.157 e. The minimum atomic E-state index is -0.680. The molecule has 2 aromatic heterocycles. The largest absolute Gasteiger partial charge is 0.508 e. The zero-order chi connectivity index (χ0) is 25.1. The Kier molecular flexibility index (Phi) is 5.29. The number of nitrogens with zero attached hydrogens (tertiary/aromatic N) is 3. The number of benzene rings is 2. The number of aromatic hydroxyl groups is 1. The summed E-state index contributed by atoms with van der Waals surface area (Å²) in [4.78, 5) is 11.4. The zero-order valence-electron chi connectivity index (χ0n) is 19.6. The SMILES string of the molecule is C#Cc1c(F)ccc2cc(O)cc(-c3ncc4c(N5CC6CCC(C5)N6)nc(C)c(CO)c4c3F)c12. The van der Waals surface area contributed by atoms with Crippen LogP contribution in [0.1, 0.15) is 29.7 Å². The number of aliphatic hydroxyl groups is 1. The Morgan fingerprint density at radius 2 is 1.92 bits per heavy atom. The van der Waals surface area contributed by atoms with Gasteiger partial charge in [0.05, 0.1) is 12.2 Å². The van der Waals surface area contributed by atoms with Crippen LogP contribution in [0, 0.1) is 30.9 Å². The van der Waals surface area contributed by atoms with Gasteiger partial charge in [-0.25, -0.2) is 13.8 Å². The first-order chi connectivity index (χ1) is 17.4. The number of aryl methyl sites for hydroxylation is 1. The number of aliphatic hydroxyl groups excluding tert-OH is 1. The summed E-state index contributed by atoms with van der Waals surface area (Å²) in [5.41, 5.74) is 0.946. The van der Waals surface area contributed by atoms with Crippen molar-refractivity contribution < 1.29 is 19.0 Å². The number of anilines is 1. The second-order valence-electron chi connectivity index (χ2n) is 9.57. The van der Waals surface area contributed by atoms with Crippen molar-refractivity contribution >= 4 is 27.4 Å². The predicted octanol–water partition coefficient (Wildman–Crippen LogP) is 4.16. The number of aromatic nitrogens is 2. The normalized spacial score (nSPS) is 19.2. The number of terminal acetylenes is 1. The van der Waals surface area contributed by atoms with Crippen LogP contribution in [0.2, 0.25) is 0 Å². The minimum Gasteiger partial charge on any atom is -0.508 e. The molecule has 36 heavy (non-hydrogen) atoms. The molecule has 2 atom stereocenters. The van der Waals surface area contributed by atoms with E-state index in [-0.39, 0.29) is 33.3 Å². The molecule has 2 saturated heterocycles. The summed E-state index contributed by atoms with van der Waals surface area (Å²) < 4.78 is 31.0. The van der Waals surface area contributed by atoms with Crippen molar-refractivity contribution in [2.45, 2.75) is 38.5 Å². The molecule has 0 saturated carbocycles. The van der Waals surface area contributed by atoms with Gasteiger partial charge in [0, 0.05) is 64.3 Å². The van der Waals surface area contributed by atoms with Crippen LogP contribution in [0.15, 0.2) is 30.5 Å². The van der Waals surface area contributed by atoms with Gasteiger partial charge < -0.3 is 20.4 Å². The lowest BCUT2D eigenvalue weighted by Crippen LogP contribution is -2.51. The fourth-order valence-electron chi connectivity index (χ4n) is 5.76. The standard InChI is InChI=1S/C28H24F2N4O2/c1-3-19-23(29)7-4-15-8-18(36)9-20(24(15)19)27-26(30)25-21(10-31-27)28(32-14(2)22(25)13-35)34-11-16-5-6-17(12-34)33-16/h1,4,7-10,16-17,33,35-36H,5-6,11-13H2,2H3. The van der Waals surface area contributed by atoms with Gasteiger partial charge in [-0.05, 0) is 43.4 Å². The molecule has 2 fully saturated rings. The van der Waals surface area contributed by atoms with E-state index >= 15 is 4.39 Å². The Balaban J connectivity index is 1.64. The highest BCUT2D eigenvalue weighted by Crippen LogP contribution is 2.40. The van der Waals surface area contributed by atoms with Crippen LogP contribution in [0.4, 0.5) is 14.6 Å². The fraction of sp³-hybridized carbons (Fsp3) is 0.286. The highest BCUT2D eigenvalue weighted by Gasteiger charge is 2.34. The third-order valence-corrected chi connectivity index (χ3v) is 7.40. The molecule has 0 aliphatic carbocycles. The molecule has 4 aromatic rings. The molecule has 2 unspecified atom stereocenters. The van der Waals surface area contributed by atoms with Gasteiger partial charge >= 0.3 is 0 Å². The molecule has 6 nitrogen and oxygen atoms in total. The van der Waals surface area contributed by atoms with Gasteiger partial charge in [0.25, 0.3) is 0 Å². The van der Waals surface area contributed by atoms with E-state index in [1.54, 1.807) is 13.1 Å². The number of fused-ring (bicyclic) bond motifs is 4. The summed E-state index contributed by atoms with van der Waals surface area (Å²) in [7, 11) is 0. The topological polar surface area (TPSA) is 81.5 Å². The number of phenolic OH excluding ortho intramolecular Hbond substituents is 1. The van der Waals surface area contributed by atoms with Gasteiger partial charge in [0.1, 0.15) is 23.1 Å². The smallest absolute Gasteiger partial charge is 0.157 e. The predicted molar refractivity (Wildman–Crippen MR) is 135 cm³/mol. The molecular formula is C28H24F2N4O2. The van der Waals surface area contributed by atoms with Gasteiger partial charge in [-0.3, -0.25) is 4.98 Å². The number of halogens is 2. The number of rotatable bonds is 3. The summed E-state index contributed by atoms with van der Waals surface area (Å²) in [6.07, 6.45) is 9.32. The third kappa shape index (κ3) is 3.39. The molecule has 0 radical (unpaired) electrons. The Bertz CT molecular complexity index is 1590. The molecule has 6 rings (SSSR count). The average Bonchev–Trinajstić information content (AvgIpc) is 3.21. The summed E-state index contributed by atoms with van der Waals surface area (Å²) in [5, 5.41) is 25.6. The Morgan fingerprint density at radius 3 is 2.61 bits per heavy atom. The number of hydrogen-bond acceptors (Lipinski definition) is 6. The van der Waals surface area contributed by atoms with Crippen molar-refractivity contribution in [1.82, 2.24) is 15.3 Å². The average molecular weight is 487 g/mol. The lowest BCUT2D eigenvalue weighted by molar-refractivity contribution is 0.281. The lowest BCUT2D eigenvalue weighted by atomic mass is 9.94. The van der Waals surface area contributed by atoms with Crippen LogP contribution in [-0.4, -0.2) is 45.4 Å². The van der Waals surface area contributed by atoms with Gasteiger partial charge in [0.2, 0.25) is 0 Å². The molecule has 2 aliphatic heterocycles. The maximum atomic E-state index is 16.4. The van der Waals surface area contributed by atoms with E-state index in [2.05, 4.69) is 21.1 Å². The molecule has 2 bridgehead atoms. The molecule has 2 aliphatic rings. The Hall–Kier alpha value is -3.80. The van der Waals surface area contributed by atoms with Crippen LogP contribution in [-0.2, 0) is 6.61 Å². The van der Waals surface area contributed by atoms with E-state index in [4.69, 9.17) is 11.4 Å². The third-order valence-electron chi connectivity index (χ3n) is 7.40. The molecule has 3 N–H and O–H groups in total. The second-order valence-corrected chi connectivity index (χ2v) is 9.57. The van der Waals surface area contributed by atoms with Crippen LogP contribution >= 0.6 is 0 Å². The molecule has 0 spiro atoms. The van der Waals surface area contributed by atoms with E-state index in [0.29, 0.717) is 39.9 Å². The zero-order valence-corrected chi connectivity index (χ0v) is 19.6. The second kappa shape index (κ2) is 8.40. The van der Waals surface area contributed by atoms with Crippen LogP contribution in [0.3, 0.4) is 0 Å². The minimum absolute atomic E-state index is 0.0333. The number of piperazine rings is 1. The van der Waals surface area contributed by atoms with E-state index in [1.807, 2.05) is 0 Å². The van der Waals surface area contributed by atoms with E-state index in [1.165, 1.54) is 24.3 Å².